The monoisotopic (exact) mass is 389 g/mol. The number of hydrogen-bond donors (Lipinski definition) is 3. The molecule has 1 aromatic carbocycles. The standard InChI is InChI=1S/C18H20FN5O2S/c1-10(25)20-18-21-13-6-7-24(9-16(13)27-18)17(26)15-8-14(22-23-15)11-2-4-12(19)5-3-11/h2-5,14-15,22-23H,6-9H2,1H3,(H,20,21,25). The van der Waals surface area contributed by atoms with Crippen molar-refractivity contribution in [2.24, 2.45) is 0 Å². The number of carbonyl (C=O) groups excluding carboxylic acids is 2. The lowest BCUT2D eigenvalue weighted by Gasteiger charge is -2.28. The number of anilines is 1. The second-order valence-electron chi connectivity index (χ2n) is 6.76. The van der Waals surface area contributed by atoms with Crippen LogP contribution in [0.2, 0.25) is 0 Å². The molecule has 0 radical (unpaired) electrons. The Hall–Kier alpha value is -2.36. The smallest absolute Gasteiger partial charge is 0.241 e. The average Bonchev–Trinajstić information content (AvgIpc) is 3.27. The van der Waals surface area contributed by atoms with Crippen molar-refractivity contribution in [1.82, 2.24) is 20.7 Å². The van der Waals surface area contributed by atoms with Crippen molar-refractivity contribution in [3.63, 3.8) is 0 Å². The summed E-state index contributed by atoms with van der Waals surface area (Å²) in [6.07, 6.45) is 1.28. The van der Waals surface area contributed by atoms with Crippen molar-refractivity contribution >= 4 is 28.3 Å². The highest BCUT2D eigenvalue weighted by molar-refractivity contribution is 7.15. The molecule has 27 heavy (non-hydrogen) atoms. The van der Waals surface area contributed by atoms with Crippen LogP contribution in [0.5, 0.6) is 0 Å². The zero-order valence-corrected chi connectivity index (χ0v) is 15.6. The number of nitrogens with zero attached hydrogens (tertiary/aromatic N) is 2. The van der Waals surface area contributed by atoms with Gasteiger partial charge in [0.1, 0.15) is 11.9 Å². The van der Waals surface area contributed by atoms with E-state index >= 15 is 0 Å². The number of thiazole rings is 1. The lowest BCUT2D eigenvalue weighted by Crippen LogP contribution is -2.47. The van der Waals surface area contributed by atoms with Gasteiger partial charge in [-0.15, -0.1) is 0 Å². The van der Waals surface area contributed by atoms with E-state index in [0.717, 1.165) is 16.1 Å². The third-order valence-electron chi connectivity index (χ3n) is 4.80. The Bertz CT molecular complexity index is 869. The number of hydrogen-bond acceptors (Lipinski definition) is 6. The number of aromatic nitrogens is 1. The van der Waals surface area contributed by atoms with Gasteiger partial charge in [0, 0.05) is 30.8 Å². The number of carbonyl (C=O) groups is 2. The first kappa shape index (κ1) is 18.0. The molecule has 2 amide bonds. The number of nitrogens with one attached hydrogen (secondary N) is 3. The molecule has 0 bridgehead atoms. The number of benzene rings is 1. The number of fused-ring (bicyclic) bond motifs is 1. The topological polar surface area (TPSA) is 86.4 Å². The van der Waals surface area contributed by atoms with Gasteiger partial charge in [0.05, 0.1) is 12.2 Å². The first-order valence-electron chi connectivity index (χ1n) is 8.81. The maximum atomic E-state index is 13.1. The molecule has 2 unspecified atom stereocenters. The minimum atomic E-state index is -0.329. The summed E-state index contributed by atoms with van der Waals surface area (Å²) in [5.74, 6) is -0.390. The summed E-state index contributed by atoms with van der Waals surface area (Å²) in [6, 6.07) is 5.95. The summed E-state index contributed by atoms with van der Waals surface area (Å²) in [7, 11) is 0. The van der Waals surface area contributed by atoms with Crippen molar-refractivity contribution in [3.8, 4) is 0 Å². The van der Waals surface area contributed by atoms with Crippen LogP contribution in [0.4, 0.5) is 9.52 Å². The highest BCUT2D eigenvalue weighted by Crippen LogP contribution is 2.30. The molecule has 1 saturated heterocycles. The molecule has 2 aliphatic heterocycles. The Morgan fingerprint density at radius 2 is 2.07 bits per heavy atom. The summed E-state index contributed by atoms with van der Waals surface area (Å²) in [5, 5.41) is 3.29. The summed E-state index contributed by atoms with van der Waals surface area (Å²) in [4.78, 5) is 31.4. The zero-order valence-electron chi connectivity index (χ0n) is 14.8. The van der Waals surface area contributed by atoms with Gasteiger partial charge in [-0.2, -0.15) is 0 Å². The Balaban J connectivity index is 1.40. The lowest BCUT2D eigenvalue weighted by molar-refractivity contribution is -0.134. The molecule has 2 aliphatic rings. The van der Waals surface area contributed by atoms with Crippen LogP contribution in [-0.4, -0.2) is 34.3 Å². The quantitative estimate of drug-likeness (QED) is 0.744. The summed E-state index contributed by atoms with van der Waals surface area (Å²) in [6.45, 7) is 2.56. The van der Waals surface area contributed by atoms with E-state index < -0.39 is 0 Å². The van der Waals surface area contributed by atoms with Gasteiger partial charge in [-0.05, 0) is 24.1 Å². The van der Waals surface area contributed by atoms with Gasteiger partial charge in [-0.3, -0.25) is 9.59 Å². The number of halogens is 1. The molecule has 4 rings (SSSR count). The van der Waals surface area contributed by atoms with Crippen molar-refractivity contribution in [2.75, 3.05) is 11.9 Å². The minimum absolute atomic E-state index is 0.0327. The minimum Gasteiger partial charge on any atom is -0.336 e. The molecule has 9 heteroatoms. The fourth-order valence-corrected chi connectivity index (χ4v) is 4.51. The van der Waals surface area contributed by atoms with E-state index in [1.54, 1.807) is 12.1 Å². The van der Waals surface area contributed by atoms with E-state index in [1.165, 1.54) is 30.4 Å². The van der Waals surface area contributed by atoms with Gasteiger partial charge in [-0.25, -0.2) is 20.2 Å². The molecule has 0 saturated carbocycles. The van der Waals surface area contributed by atoms with Gasteiger partial charge in [0.2, 0.25) is 11.8 Å². The van der Waals surface area contributed by atoms with Crippen LogP contribution in [0.3, 0.4) is 0 Å². The van der Waals surface area contributed by atoms with E-state index in [9.17, 15) is 14.0 Å². The van der Waals surface area contributed by atoms with E-state index in [2.05, 4.69) is 21.2 Å². The Labute approximate surface area is 159 Å². The lowest BCUT2D eigenvalue weighted by atomic mass is 10.0. The molecular weight excluding hydrogens is 369 g/mol. The van der Waals surface area contributed by atoms with Crippen LogP contribution in [0.25, 0.3) is 0 Å². The Morgan fingerprint density at radius 1 is 1.30 bits per heavy atom. The maximum Gasteiger partial charge on any atom is 0.241 e. The van der Waals surface area contributed by atoms with E-state index in [1.807, 2.05) is 4.90 Å². The molecule has 3 heterocycles. The third-order valence-corrected chi connectivity index (χ3v) is 5.80. The van der Waals surface area contributed by atoms with Gasteiger partial charge in [0.25, 0.3) is 0 Å². The van der Waals surface area contributed by atoms with E-state index in [-0.39, 0.29) is 29.7 Å². The molecule has 0 spiro atoms. The third kappa shape index (κ3) is 3.85. The van der Waals surface area contributed by atoms with Crippen LogP contribution in [0.15, 0.2) is 24.3 Å². The van der Waals surface area contributed by atoms with Crippen LogP contribution in [0.1, 0.15) is 35.5 Å². The fraction of sp³-hybridized carbons (Fsp3) is 0.389. The first-order valence-corrected chi connectivity index (χ1v) is 9.62. The molecule has 142 valence electrons. The first-order chi connectivity index (χ1) is 13.0. The largest absolute Gasteiger partial charge is 0.336 e. The highest BCUT2D eigenvalue weighted by Gasteiger charge is 2.34. The van der Waals surface area contributed by atoms with E-state index in [4.69, 9.17) is 0 Å². The average molecular weight is 389 g/mol. The number of hydrazine groups is 1. The summed E-state index contributed by atoms with van der Waals surface area (Å²) < 4.78 is 13.1. The summed E-state index contributed by atoms with van der Waals surface area (Å²) in [5.41, 5.74) is 8.10. The fourth-order valence-electron chi connectivity index (χ4n) is 3.44. The zero-order chi connectivity index (χ0) is 19.0. The van der Waals surface area contributed by atoms with Crippen molar-refractivity contribution in [2.45, 2.75) is 38.4 Å². The van der Waals surface area contributed by atoms with Gasteiger partial charge >= 0.3 is 0 Å². The Kier molecular flexibility index (Phi) is 4.90. The Morgan fingerprint density at radius 3 is 2.81 bits per heavy atom. The summed E-state index contributed by atoms with van der Waals surface area (Å²) >= 11 is 1.42. The van der Waals surface area contributed by atoms with Crippen molar-refractivity contribution < 1.29 is 14.0 Å². The molecule has 1 aromatic heterocycles. The van der Waals surface area contributed by atoms with Crippen LogP contribution in [-0.2, 0) is 22.6 Å². The molecule has 2 atom stereocenters. The normalized spacial score (nSPS) is 21.8. The van der Waals surface area contributed by atoms with Crippen molar-refractivity contribution in [3.05, 3.63) is 46.2 Å². The predicted octanol–water partition coefficient (Wildman–Crippen LogP) is 1.73. The molecule has 7 nitrogen and oxygen atoms in total. The van der Waals surface area contributed by atoms with Crippen LogP contribution >= 0.6 is 11.3 Å². The number of amides is 2. The van der Waals surface area contributed by atoms with Crippen molar-refractivity contribution in [1.29, 1.82) is 0 Å². The molecule has 1 fully saturated rings. The molecule has 2 aromatic rings. The van der Waals surface area contributed by atoms with Crippen LogP contribution < -0.4 is 16.2 Å². The van der Waals surface area contributed by atoms with E-state index in [0.29, 0.717) is 31.1 Å². The van der Waals surface area contributed by atoms with Gasteiger partial charge in [0.15, 0.2) is 5.13 Å². The maximum absolute atomic E-state index is 13.1. The molecule has 3 N–H and O–H groups in total. The SMILES string of the molecule is CC(=O)Nc1nc2c(s1)CN(C(=O)C1CC(c3ccc(F)cc3)NN1)CC2. The number of rotatable bonds is 3. The highest BCUT2D eigenvalue weighted by atomic mass is 32.1. The second kappa shape index (κ2) is 7.34. The molecule has 0 aliphatic carbocycles. The second-order valence-corrected chi connectivity index (χ2v) is 7.84. The van der Waals surface area contributed by atoms with Gasteiger partial charge < -0.3 is 10.2 Å². The predicted molar refractivity (Wildman–Crippen MR) is 99.4 cm³/mol. The van der Waals surface area contributed by atoms with Gasteiger partial charge in [-0.1, -0.05) is 23.5 Å². The molecular formula is C18H20FN5O2S. The van der Waals surface area contributed by atoms with Crippen LogP contribution in [0, 0.1) is 5.82 Å².